The zero-order chi connectivity index (χ0) is 15.6. The van der Waals surface area contributed by atoms with Crippen molar-refractivity contribution in [3.8, 4) is 0 Å². The third-order valence-corrected chi connectivity index (χ3v) is 4.64. The van der Waals surface area contributed by atoms with Crippen LogP contribution in [0.1, 0.15) is 23.8 Å². The Hall–Kier alpha value is -2.02. The minimum Gasteiger partial charge on any atom is -0.385 e. The van der Waals surface area contributed by atoms with Crippen molar-refractivity contribution in [2.75, 3.05) is 16.6 Å². The zero-order valence-corrected chi connectivity index (χ0v) is 13.3. The second-order valence-corrected chi connectivity index (χ2v) is 6.52. The number of hydrogen-bond donors (Lipinski definition) is 2. The first-order chi connectivity index (χ1) is 9.83. The lowest BCUT2D eigenvalue weighted by Crippen LogP contribution is -2.16. The third kappa shape index (κ3) is 3.36. The molecule has 1 aromatic heterocycles. The summed E-state index contributed by atoms with van der Waals surface area (Å²) in [7, 11) is -3.69. The fourth-order valence-corrected chi connectivity index (χ4v) is 3.72. The fraction of sp³-hybridized carbons (Fsp3) is 0.357. The van der Waals surface area contributed by atoms with Crippen molar-refractivity contribution in [1.29, 1.82) is 0 Å². The van der Waals surface area contributed by atoms with Crippen LogP contribution in [-0.2, 0) is 10.0 Å². The quantitative estimate of drug-likeness (QED) is 0.887. The van der Waals surface area contributed by atoms with Crippen LogP contribution in [0.15, 0.2) is 27.6 Å². The number of aryl methyl sites for hydroxylation is 3. The molecule has 1 heterocycles. The largest absolute Gasteiger partial charge is 0.385 e. The van der Waals surface area contributed by atoms with Gasteiger partial charge in [-0.25, -0.2) is 8.42 Å². The summed E-state index contributed by atoms with van der Waals surface area (Å²) in [5.41, 5.74) is 2.26. The van der Waals surface area contributed by atoms with Crippen LogP contribution >= 0.6 is 0 Å². The Bertz CT molecular complexity index is 728. The summed E-state index contributed by atoms with van der Waals surface area (Å²) in [6.07, 6.45) is 0. The van der Waals surface area contributed by atoms with Crippen LogP contribution in [-0.4, -0.2) is 20.1 Å². The van der Waals surface area contributed by atoms with Crippen molar-refractivity contribution < 1.29 is 12.9 Å². The van der Waals surface area contributed by atoms with Crippen molar-refractivity contribution in [2.45, 2.75) is 32.6 Å². The van der Waals surface area contributed by atoms with Crippen molar-refractivity contribution in [2.24, 2.45) is 0 Å². The summed E-state index contributed by atoms with van der Waals surface area (Å²) in [4.78, 5) is 0.268. The van der Waals surface area contributed by atoms with Gasteiger partial charge in [0.15, 0.2) is 5.82 Å². The minimum absolute atomic E-state index is 0.182. The maximum absolute atomic E-state index is 12.5. The summed E-state index contributed by atoms with van der Waals surface area (Å²) in [5.74, 6) is 0.727. The van der Waals surface area contributed by atoms with E-state index in [0.717, 1.165) is 12.2 Å². The molecule has 2 N–H and O–H groups in total. The minimum atomic E-state index is -3.69. The number of rotatable bonds is 5. The molecule has 6 nitrogen and oxygen atoms in total. The first kappa shape index (κ1) is 15.4. The maximum Gasteiger partial charge on any atom is 0.263 e. The molecule has 0 aliphatic carbocycles. The van der Waals surface area contributed by atoms with Crippen molar-refractivity contribution in [3.05, 3.63) is 35.1 Å². The maximum atomic E-state index is 12.5. The number of anilines is 2. The summed E-state index contributed by atoms with van der Waals surface area (Å²) in [5, 5.41) is 6.83. The Kier molecular flexibility index (Phi) is 4.22. The van der Waals surface area contributed by atoms with Gasteiger partial charge in [0.2, 0.25) is 0 Å². The lowest BCUT2D eigenvalue weighted by molar-refractivity contribution is 0.400. The highest BCUT2D eigenvalue weighted by atomic mass is 32.2. The molecule has 21 heavy (non-hydrogen) atoms. The van der Waals surface area contributed by atoms with E-state index in [2.05, 4.69) is 15.2 Å². The molecule has 0 bridgehead atoms. The predicted octanol–water partition coefficient (Wildman–Crippen LogP) is 2.83. The van der Waals surface area contributed by atoms with E-state index in [0.29, 0.717) is 16.9 Å². The summed E-state index contributed by atoms with van der Waals surface area (Å²) < 4.78 is 32.3. The normalized spacial score (nSPS) is 11.4. The Labute approximate surface area is 124 Å². The summed E-state index contributed by atoms with van der Waals surface area (Å²) >= 11 is 0. The molecule has 0 saturated carbocycles. The van der Waals surface area contributed by atoms with E-state index < -0.39 is 10.0 Å². The van der Waals surface area contributed by atoms with Gasteiger partial charge in [-0.1, -0.05) is 5.16 Å². The topological polar surface area (TPSA) is 84.2 Å². The molecule has 2 rings (SSSR count). The first-order valence-electron chi connectivity index (χ1n) is 6.64. The van der Waals surface area contributed by atoms with E-state index in [1.54, 1.807) is 20.8 Å². The predicted molar refractivity (Wildman–Crippen MR) is 82.1 cm³/mol. The van der Waals surface area contributed by atoms with Gasteiger partial charge < -0.3 is 9.84 Å². The second-order valence-electron chi connectivity index (χ2n) is 4.90. The van der Waals surface area contributed by atoms with Crippen LogP contribution in [0, 0.1) is 20.8 Å². The third-order valence-electron chi connectivity index (χ3n) is 2.98. The van der Waals surface area contributed by atoms with Gasteiger partial charge in [0.1, 0.15) is 5.76 Å². The first-order valence-corrected chi connectivity index (χ1v) is 8.13. The lowest BCUT2D eigenvalue weighted by Gasteiger charge is -2.14. The molecule has 0 unspecified atom stereocenters. The molecule has 1 aromatic carbocycles. The van der Waals surface area contributed by atoms with E-state index in [1.165, 1.54) is 6.07 Å². The van der Waals surface area contributed by atoms with E-state index >= 15 is 0 Å². The number of aromatic nitrogens is 1. The van der Waals surface area contributed by atoms with Gasteiger partial charge in [-0.15, -0.1) is 0 Å². The Balaban J connectivity index is 2.40. The van der Waals surface area contributed by atoms with Crippen LogP contribution in [0.25, 0.3) is 0 Å². The van der Waals surface area contributed by atoms with Crippen molar-refractivity contribution in [3.63, 3.8) is 0 Å². The second kappa shape index (κ2) is 5.77. The van der Waals surface area contributed by atoms with Crippen LogP contribution < -0.4 is 10.0 Å². The molecule has 0 amide bonds. The number of sulfonamides is 1. The highest BCUT2D eigenvalue weighted by Crippen LogP contribution is 2.26. The van der Waals surface area contributed by atoms with Gasteiger partial charge in [0.05, 0.1) is 4.90 Å². The Morgan fingerprint density at radius 3 is 2.24 bits per heavy atom. The van der Waals surface area contributed by atoms with Crippen molar-refractivity contribution in [1.82, 2.24) is 5.16 Å². The molecule has 0 aliphatic heterocycles. The molecule has 2 aromatic rings. The molecular formula is C14H19N3O3S. The van der Waals surface area contributed by atoms with Crippen LogP contribution in [0.3, 0.4) is 0 Å². The van der Waals surface area contributed by atoms with Gasteiger partial charge in [-0.2, -0.15) is 0 Å². The number of hydrogen-bond acceptors (Lipinski definition) is 5. The highest BCUT2D eigenvalue weighted by Gasteiger charge is 2.21. The molecule has 0 fully saturated rings. The van der Waals surface area contributed by atoms with E-state index in [4.69, 9.17) is 4.52 Å². The average Bonchev–Trinajstić information content (AvgIpc) is 2.72. The average molecular weight is 309 g/mol. The monoisotopic (exact) mass is 309 g/mol. The van der Waals surface area contributed by atoms with E-state index in [9.17, 15) is 8.42 Å². The summed E-state index contributed by atoms with van der Waals surface area (Å²) in [6.45, 7) is 8.02. The SMILES string of the molecule is CCNc1cc(C)c(S(=O)(=O)Nc2cc(C)on2)c(C)c1. The fourth-order valence-electron chi connectivity index (χ4n) is 2.28. The molecular weight excluding hydrogens is 290 g/mol. The molecule has 7 heteroatoms. The number of nitrogens with zero attached hydrogens (tertiary/aromatic N) is 1. The van der Waals surface area contributed by atoms with Gasteiger partial charge >= 0.3 is 0 Å². The van der Waals surface area contributed by atoms with Gasteiger partial charge in [0.25, 0.3) is 10.0 Å². The zero-order valence-electron chi connectivity index (χ0n) is 12.5. The van der Waals surface area contributed by atoms with Crippen LogP contribution in [0.2, 0.25) is 0 Å². The molecule has 0 radical (unpaired) electrons. The molecule has 0 saturated heterocycles. The molecule has 0 spiro atoms. The van der Waals surface area contributed by atoms with Gasteiger partial charge in [-0.05, 0) is 51.0 Å². The van der Waals surface area contributed by atoms with Gasteiger partial charge in [-0.3, -0.25) is 4.72 Å². The number of nitrogens with one attached hydrogen (secondary N) is 2. The van der Waals surface area contributed by atoms with Crippen LogP contribution in [0.5, 0.6) is 0 Å². The summed E-state index contributed by atoms with van der Waals surface area (Å²) in [6, 6.07) is 5.17. The van der Waals surface area contributed by atoms with Crippen molar-refractivity contribution >= 4 is 21.5 Å². The molecule has 0 atom stereocenters. The van der Waals surface area contributed by atoms with E-state index in [-0.39, 0.29) is 10.7 Å². The van der Waals surface area contributed by atoms with E-state index in [1.807, 2.05) is 19.1 Å². The molecule has 0 aliphatic rings. The Morgan fingerprint density at radius 2 is 1.76 bits per heavy atom. The lowest BCUT2D eigenvalue weighted by atomic mass is 10.1. The highest BCUT2D eigenvalue weighted by molar-refractivity contribution is 7.92. The molecule has 114 valence electrons. The smallest absolute Gasteiger partial charge is 0.263 e. The Morgan fingerprint density at radius 1 is 1.14 bits per heavy atom. The van der Waals surface area contributed by atoms with Crippen LogP contribution in [0.4, 0.5) is 11.5 Å². The van der Waals surface area contributed by atoms with Gasteiger partial charge in [0, 0.05) is 18.3 Å². The standard InChI is InChI=1S/C14H19N3O3S/c1-5-15-12-6-9(2)14(10(3)7-12)21(18,19)17-13-8-11(4)20-16-13/h6-8,15H,5H2,1-4H3,(H,16,17). The number of benzene rings is 1.